The van der Waals surface area contributed by atoms with Crippen molar-refractivity contribution in [3.05, 3.63) is 62.8 Å². The quantitative estimate of drug-likeness (QED) is 0.495. The summed E-state index contributed by atoms with van der Waals surface area (Å²) in [7, 11) is -1.59. The number of hydrogen-bond acceptors (Lipinski definition) is 0. The zero-order chi connectivity index (χ0) is 18.5. The smallest absolute Gasteiger partial charge is 0.0679 e. The van der Waals surface area contributed by atoms with Crippen LogP contribution in [-0.2, 0) is 6.42 Å². The van der Waals surface area contributed by atoms with E-state index in [1.165, 1.54) is 12.8 Å². The molecule has 0 N–H and O–H groups in total. The van der Waals surface area contributed by atoms with Crippen LogP contribution in [0.15, 0.2) is 46.1 Å². The van der Waals surface area contributed by atoms with Crippen molar-refractivity contribution in [2.45, 2.75) is 78.6 Å². The Balaban J connectivity index is 2.10. The van der Waals surface area contributed by atoms with Gasteiger partial charge in [0.05, 0.1) is 8.07 Å². The van der Waals surface area contributed by atoms with Crippen molar-refractivity contribution in [3.8, 4) is 0 Å². The first-order valence-electron chi connectivity index (χ1n) is 9.86. The number of allylic oxidation sites excluding steroid dienone is 5. The fraction of sp³-hybridized carbons (Fsp3) is 0.500. The maximum atomic E-state index is 2.63. The van der Waals surface area contributed by atoms with Crippen molar-refractivity contribution in [2.24, 2.45) is 0 Å². The lowest BCUT2D eigenvalue weighted by molar-refractivity contribution is 0.913. The molecule has 0 bridgehead atoms. The minimum atomic E-state index is -1.59. The van der Waals surface area contributed by atoms with Crippen LogP contribution in [0.4, 0.5) is 0 Å². The highest BCUT2D eigenvalue weighted by Crippen LogP contribution is 2.54. The Hall–Kier alpha value is -1.34. The van der Waals surface area contributed by atoms with Crippen molar-refractivity contribution < 1.29 is 0 Å². The molecule has 0 amide bonds. The van der Waals surface area contributed by atoms with Crippen molar-refractivity contribution in [2.75, 3.05) is 0 Å². The van der Waals surface area contributed by atoms with E-state index >= 15 is 0 Å². The van der Waals surface area contributed by atoms with Gasteiger partial charge in [0.15, 0.2) is 0 Å². The van der Waals surface area contributed by atoms with E-state index in [0.29, 0.717) is 11.1 Å². The Kier molecular flexibility index (Phi) is 4.74. The number of fused-ring (bicyclic) bond motifs is 1. The van der Waals surface area contributed by atoms with Crippen LogP contribution in [0.5, 0.6) is 0 Å². The number of hydrogen-bond donors (Lipinski definition) is 0. The average molecular weight is 351 g/mol. The highest BCUT2D eigenvalue weighted by Gasteiger charge is 2.47. The van der Waals surface area contributed by atoms with Gasteiger partial charge in [-0.3, -0.25) is 0 Å². The van der Waals surface area contributed by atoms with Gasteiger partial charge in [-0.2, -0.15) is 0 Å². The van der Waals surface area contributed by atoms with E-state index in [-0.39, 0.29) is 0 Å². The maximum absolute atomic E-state index is 2.63. The highest BCUT2D eigenvalue weighted by atomic mass is 28.3. The number of benzene rings is 1. The molecule has 1 unspecified atom stereocenters. The topological polar surface area (TPSA) is 0 Å². The number of aryl methyl sites for hydroxylation is 1. The molecule has 0 heterocycles. The lowest BCUT2D eigenvalue weighted by atomic mass is 10.00. The van der Waals surface area contributed by atoms with Crippen LogP contribution in [0.25, 0.3) is 6.08 Å². The van der Waals surface area contributed by atoms with Gasteiger partial charge >= 0.3 is 0 Å². The Morgan fingerprint density at radius 3 is 2.04 bits per heavy atom. The van der Waals surface area contributed by atoms with Crippen LogP contribution in [-0.4, -0.2) is 8.07 Å². The van der Waals surface area contributed by atoms with Gasteiger partial charge in [-0.1, -0.05) is 67.4 Å². The molecular weight excluding hydrogens is 316 g/mol. The molecule has 0 fully saturated rings. The van der Waals surface area contributed by atoms with Gasteiger partial charge in [0.25, 0.3) is 0 Å². The Labute approximate surface area is 155 Å². The summed E-state index contributed by atoms with van der Waals surface area (Å²) in [5, 5.41) is 0. The van der Waals surface area contributed by atoms with Gasteiger partial charge in [0, 0.05) is 5.54 Å². The summed E-state index contributed by atoms with van der Waals surface area (Å²) < 4.78 is 0. The molecule has 0 saturated heterocycles. The van der Waals surface area contributed by atoms with Crippen LogP contribution < -0.4 is 0 Å². The van der Waals surface area contributed by atoms with Crippen molar-refractivity contribution in [1.29, 1.82) is 0 Å². The normalized spacial score (nSPS) is 21.3. The Morgan fingerprint density at radius 2 is 1.48 bits per heavy atom. The molecular formula is C24H34Si. The lowest BCUT2D eigenvalue weighted by Crippen LogP contribution is -2.41. The lowest BCUT2D eigenvalue weighted by Gasteiger charge is -2.39. The van der Waals surface area contributed by atoms with Crippen LogP contribution in [0.3, 0.4) is 0 Å². The first-order valence-corrected chi connectivity index (χ1v) is 13.0. The fourth-order valence-corrected chi connectivity index (χ4v) is 11.0. The van der Waals surface area contributed by atoms with Crippen molar-refractivity contribution in [3.63, 3.8) is 0 Å². The predicted octanol–water partition coefficient (Wildman–Crippen LogP) is 7.44. The van der Waals surface area contributed by atoms with E-state index in [9.17, 15) is 0 Å². The molecule has 0 spiro atoms. The predicted molar refractivity (Wildman–Crippen MR) is 115 cm³/mol. The molecule has 3 rings (SSSR count). The SMILES string of the molecule is CCCc1cccc2c1C=C(C)C2[Si](C)(C)C1C(C)=C(C)C(C)=C1C. The molecule has 134 valence electrons. The average Bonchev–Trinajstić information content (AvgIpc) is 2.99. The Morgan fingerprint density at radius 1 is 0.880 bits per heavy atom. The summed E-state index contributed by atoms with van der Waals surface area (Å²) in [6.07, 6.45) is 4.92. The third-order valence-electron chi connectivity index (χ3n) is 6.99. The van der Waals surface area contributed by atoms with E-state index < -0.39 is 8.07 Å². The summed E-state index contributed by atoms with van der Waals surface area (Å²) in [4.78, 5) is 0. The van der Waals surface area contributed by atoms with E-state index in [1.807, 2.05) is 0 Å². The van der Waals surface area contributed by atoms with E-state index in [1.54, 1.807) is 44.6 Å². The molecule has 0 aliphatic heterocycles. The minimum absolute atomic E-state index is 0.646. The van der Waals surface area contributed by atoms with Gasteiger partial charge < -0.3 is 0 Å². The van der Waals surface area contributed by atoms with Gasteiger partial charge in [0.1, 0.15) is 0 Å². The fourth-order valence-electron chi connectivity index (χ4n) is 5.72. The van der Waals surface area contributed by atoms with Crippen LogP contribution in [0.1, 0.15) is 70.2 Å². The standard InChI is InChI=1S/C24H34Si/c1-9-11-20-12-10-13-21-22(20)14-15(2)23(21)25(7,8)24-18(5)16(3)17(4)19(24)6/h10,12-14,23-24H,9,11H2,1-8H3. The molecule has 1 aromatic rings. The van der Waals surface area contributed by atoms with Crippen molar-refractivity contribution in [1.82, 2.24) is 0 Å². The second kappa shape index (κ2) is 6.43. The highest BCUT2D eigenvalue weighted by molar-refractivity contribution is 6.82. The summed E-state index contributed by atoms with van der Waals surface area (Å²) >= 11 is 0. The van der Waals surface area contributed by atoms with Crippen molar-refractivity contribution >= 4 is 14.1 Å². The molecule has 1 heteroatoms. The van der Waals surface area contributed by atoms with Gasteiger partial charge in [0.2, 0.25) is 0 Å². The van der Waals surface area contributed by atoms with E-state index in [0.717, 1.165) is 0 Å². The summed E-state index contributed by atoms with van der Waals surface area (Å²) in [6.45, 7) is 19.3. The molecule has 0 nitrogen and oxygen atoms in total. The molecule has 25 heavy (non-hydrogen) atoms. The number of rotatable bonds is 4. The second-order valence-corrected chi connectivity index (χ2v) is 13.7. The summed E-state index contributed by atoms with van der Waals surface area (Å²) in [5.74, 6) is 0. The minimum Gasteiger partial charge on any atom is -0.0679 e. The third-order valence-corrected chi connectivity index (χ3v) is 11.6. The van der Waals surface area contributed by atoms with Crippen LogP contribution in [0, 0.1) is 0 Å². The van der Waals surface area contributed by atoms with Crippen LogP contribution in [0.2, 0.25) is 18.6 Å². The van der Waals surface area contributed by atoms with Gasteiger partial charge in [-0.15, -0.1) is 0 Å². The molecule has 1 aromatic carbocycles. The summed E-state index contributed by atoms with van der Waals surface area (Å²) in [6, 6.07) is 7.04. The van der Waals surface area contributed by atoms with Crippen LogP contribution >= 0.6 is 0 Å². The maximum Gasteiger partial charge on any atom is 0.0717 e. The summed E-state index contributed by atoms with van der Waals surface area (Å²) in [5.41, 5.74) is 14.0. The zero-order valence-electron chi connectivity index (χ0n) is 17.4. The molecule has 1 atom stereocenters. The van der Waals surface area contributed by atoms with E-state index in [2.05, 4.69) is 78.9 Å². The molecule has 2 aliphatic rings. The second-order valence-electron chi connectivity index (χ2n) is 8.86. The zero-order valence-corrected chi connectivity index (χ0v) is 18.4. The third kappa shape index (κ3) is 2.72. The van der Waals surface area contributed by atoms with Gasteiger partial charge in [-0.25, -0.2) is 0 Å². The Bertz CT molecular complexity index is 777. The monoisotopic (exact) mass is 350 g/mol. The largest absolute Gasteiger partial charge is 0.0717 e. The van der Waals surface area contributed by atoms with Gasteiger partial charge in [-0.05, 0) is 74.4 Å². The molecule has 2 aliphatic carbocycles. The first-order chi connectivity index (χ1) is 11.7. The molecule has 0 radical (unpaired) electrons. The van der Waals surface area contributed by atoms with E-state index in [4.69, 9.17) is 0 Å². The molecule has 0 saturated carbocycles. The molecule has 0 aromatic heterocycles. The first kappa shape index (κ1) is 18.4.